The summed E-state index contributed by atoms with van der Waals surface area (Å²) in [5, 5.41) is 17.9. The maximum atomic E-state index is 15.6. The molecule has 0 saturated carbocycles. The van der Waals surface area contributed by atoms with Gasteiger partial charge in [-0.1, -0.05) is 44.6 Å². The van der Waals surface area contributed by atoms with Gasteiger partial charge in [-0.15, -0.1) is 0 Å². The van der Waals surface area contributed by atoms with Gasteiger partial charge in [0.25, 0.3) is 0 Å². The Labute approximate surface area is 214 Å². The second-order valence-corrected chi connectivity index (χ2v) is 10.4. The Morgan fingerprint density at radius 3 is 2.33 bits per heavy atom. The molecule has 2 atom stereocenters. The molecule has 2 aliphatic rings. The number of carbonyl (C=O) groups is 1. The van der Waals surface area contributed by atoms with E-state index in [9.17, 15) is 9.90 Å². The van der Waals surface area contributed by atoms with Crippen LogP contribution in [0.2, 0.25) is 0 Å². The quantitative estimate of drug-likeness (QED) is 0.198. The van der Waals surface area contributed by atoms with E-state index in [1.807, 2.05) is 32.9 Å². The highest BCUT2D eigenvalue weighted by Gasteiger charge is 2.47. The monoisotopic (exact) mass is 507 g/mol. The fourth-order valence-corrected chi connectivity index (χ4v) is 5.78. The second kappa shape index (κ2) is 12.4. The van der Waals surface area contributed by atoms with Crippen molar-refractivity contribution in [3.05, 3.63) is 40.4 Å². The highest BCUT2D eigenvalue weighted by molar-refractivity contribution is 6.63. The summed E-state index contributed by atoms with van der Waals surface area (Å²) in [7, 11) is 0. The Morgan fingerprint density at radius 1 is 1.08 bits per heavy atom. The summed E-state index contributed by atoms with van der Waals surface area (Å²) in [6.45, 7) is 3.10. The number of aromatic nitrogens is 1. The molecule has 0 fully saturated rings. The molecule has 0 spiro atoms. The Kier molecular flexibility index (Phi) is 9.81. The van der Waals surface area contributed by atoms with E-state index >= 15 is 8.63 Å². The molecule has 3 rings (SSSR count). The van der Waals surface area contributed by atoms with Crippen LogP contribution in [0.15, 0.2) is 23.4 Å². The number of ether oxygens (including phenoxy) is 1. The molecular weight excluding hydrogens is 465 g/mol. The maximum absolute atomic E-state index is 15.6. The molecule has 36 heavy (non-hydrogen) atoms. The molecule has 202 valence electrons. The molecule has 0 aromatic carbocycles. The third kappa shape index (κ3) is 6.22. The van der Waals surface area contributed by atoms with Gasteiger partial charge in [0.2, 0.25) is 0 Å². The van der Waals surface area contributed by atoms with E-state index in [0.717, 1.165) is 85.9 Å². The highest BCUT2D eigenvalue weighted by atomic mass is 19.2. The Morgan fingerprint density at radius 2 is 1.69 bits per heavy atom. The summed E-state index contributed by atoms with van der Waals surface area (Å²) in [6, 6.07) is 1.57. The number of rotatable bonds is 14. The normalized spacial score (nSPS) is 19.3. The molecule has 6 nitrogen and oxygen atoms in total. The molecule has 0 aliphatic carbocycles. The molecule has 1 unspecified atom stereocenters. The fourth-order valence-electron chi connectivity index (χ4n) is 5.78. The maximum Gasteiger partial charge on any atom is 0.529 e. The number of halogens is 2. The van der Waals surface area contributed by atoms with E-state index in [2.05, 4.69) is 0 Å². The number of hydrogen-bond acceptors (Lipinski definition) is 5. The zero-order valence-electron chi connectivity index (χ0n) is 22.2. The van der Waals surface area contributed by atoms with Crippen molar-refractivity contribution in [2.45, 2.75) is 104 Å². The van der Waals surface area contributed by atoms with Crippen LogP contribution in [-0.2, 0) is 9.53 Å². The third-order valence-corrected chi connectivity index (χ3v) is 7.40. The lowest BCUT2D eigenvalue weighted by Crippen LogP contribution is -2.57. The Balaban J connectivity index is 1.43. The van der Waals surface area contributed by atoms with Crippen LogP contribution in [0.5, 0.6) is 0 Å². The summed E-state index contributed by atoms with van der Waals surface area (Å²) in [6.07, 6.45) is 10.2. The molecule has 0 amide bonds. The first-order valence-corrected chi connectivity index (χ1v) is 13.5. The predicted octanol–water partition coefficient (Wildman–Crippen LogP) is 5.50. The van der Waals surface area contributed by atoms with Crippen molar-refractivity contribution in [1.82, 2.24) is 9.29 Å². The van der Waals surface area contributed by atoms with Crippen LogP contribution in [0.4, 0.5) is 8.63 Å². The van der Waals surface area contributed by atoms with Gasteiger partial charge in [-0.2, -0.15) is 0 Å². The van der Waals surface area contributed by atoms with Gasteiger partial charge in [-0.05, 0) is 75.4 Å². The van der Waals surface area contributed by atoms with Crippen LogP contribution in [0.1, 0.15) is 95.0 Å². The van der Waals surface area contributed by atoms with Crippen LogP contribution in [0.3, 0.4) is 0 Å². The van der Waals surface area contributed by atoms with Gasteiger partial charge < -0.3 is 32.9 Å². The molecule has 2 N–H and O–H groups in total. The zero-order chi connectivity index (χ0) is 26.5. The summed E-state index contributed by atoms with van der Waals surface area (Å²) >= 11 is 0. The molecule has 9 heteroatoms. The zero-order valence-corrected chi connectivity index (χ0v) is 22.2. The van der Waals surface area contributed by atoms with Crippen LogP contribution >= 0.6 is 0 Å². The van der Waals surface area contributed by atoms with Crippen molar-refractivity contribution in [1.29, 1.82) is 0 Å². The van der Waals surface area contributed by atoms with Crippen molar-refractivity contribution in [2.75, 3.05) is 13.2 Å². The van der Waals surface area contributed by atoms with Crippen molar-refractivity contribution < 1.29 is 28.4 Å². The summed E-state index contributed by atoms with van der Waals surface area (Å²) in [4.78, 5) is 12.9. The molecule has 0 saturated heterocycles. The first kappa shape index (κ1) is 28.4. The smallest absolute Gasteiger partial charge is 0.464 e. The standard InChI is InChI=1S/C27H42BF2N2O4/c1-19-15-21(3)31-26(19)24(27-20(2)16-22(4)32(27)28(31,29)30)13-11-9-7-5-6-8-10-12-14-25(35)36-18-23(34)17-33/h15-16,21,23,33-34H,5-14,17-18H2,1-4H3/q-1/t21?,23-/m0/s1. The third-order valence-electron chi connectivity index (χ3n) is 7.40. The number of aryl methyl sites for hydroxylation is 2. The number of fused-ring (bicyclic) bond motifs is 2. The number of hydrogen-bond donors (Lipinski definition) is 2. The first-order valence-electron chi connectivity index (χ1n) is 13.5. The Hall–Kier alpha value is -2.13. The van der Waals surface area contributed by atoms with E-state index in [1.54, 1.807) is 6.92 Å². The van der Waals surface area contributed by atoms with Crippen molar-refractivity contribution in [3.63, 3.8) is 0 Å². The largest absolute Gasteiger partial charge is 0.529 e. The minimum atomic E-state index is -3.86. The van der Waals surface area contributed by atoms with E-state index in [0.29, 0.717) is 12.1 Å². The Bertz CT molecular complexity index is 989. The van der Waals surface area contributed by atoms with Crippen LogP contribution < -0.4 is 0 Å². The molecule has 0 bridgehead atoms. The van der Waals surface area contributed by atoms with Crippen molar-refractivity contribution in [2.24, 2.45) is 0 Å². The van der Waals surface area contributed by atoms with Gasteiger partial charge in [0.15, 0.2) is 0 Å². The number of carbonyl (C=O) groups excluding carboxylic acids is 1. The minimum absolute atomic E-state index is 0.158. The lowest BCUT2D eigenvalue weighted by molar-refractivity contribution is -0.147. The van der Waals surface area contributed by atoms with Gasteiger partial charge in [-0.3, -0.25) is 4.79 Å². The van der Waals surface area contributed by atoms with Gasteiger partial charge in [0.05, 0.1) is 6.61 Å². The van der Waals surface area contributed by atoms with Gasteiger partial charge in [0.1, 0.15) is 12.7 Å². The summed E-state index contributed by atoms with van der Waals surface area (Å²) < 4.78 is 37.4. The molecule has 2 aliphatic heterocycles. The van der Waals surface area contributed by atoms with Crippen LogP contribution in [0.25, 0.3) is 5.57 Å². The van der Waals surface area contributed by atoms with Gasteiger partial charge >= 0.3 is 12.9 Å². The molecule has 3 heterocycles. The average molecular weight is 507 g/mol. The molecular formula is C27H42BF2N2O4-. The lowest BCUT2D eigenvalue weighted by atomic mass is 9.82. The molecule has 1 aromatic rings. The van der Waals surface area contributed by atoms with Crippen molar-refractivity contribution >= 4 is 18.5 Å². The van der Waals surface area contributed by atoms with Crippen molar-refractivity contribution in [3.8, 4) is 0 Å². The average Bonchev–Trinajstić information content (AvgIpc) is 3.30. The number of unbranched alkanes of at least 4 members (excludes halogenated alkanes) is 7. The molecule has 1 aromatic heterocycles. The van der Waals surface area contributed by atoms with E-state index in [-0.39, 0.29) is 18.6 Å². The fraction of sp³-hybridized carbons (Fsp3) is 0.667. The number of esters is 1. The number of aliphatic hydroxyl groups excluding tert-OH is 2. The van der Waals surface area contributed by atoms with Crippen LogP contribution in [0, 0.1) is 13.8 Å². The number of aliphatic hydroxyl groups is 2. The molecule has 0 radical (unpaired) electrons. The SMILES string of the molecule is CC1=CC(C)N2C1=C(CCCCCCCCCCC(=O)OC[C@@H](O)CO)c1c(C)cc(C)n1[B-]2(F)F. The minimum Gasteiger partial charge on any atom is -0.464 e. The summed E-state index contributed by atoms with van der Waals surface area (Å²) in [5.41, 5.74) is 5.02. The second-order valence-electron chi connectivity index (χ2n) is 10.4. The highest BCUT2D eigenvalue weighted by Crippen LogP contribution is 2.47. The van der Waals surface area contributed by atoms with Gasteiger partial charge in [0, 0.05) is 23.9 Å². The van der Waals surface area contributed by atoms with E-state index < -0.39 is 19.7 Å². The van der Waals surface area contributed by atoms with E-state index in [1.165, 1.54) is 9.29 Å². The first-order chi connectivity index (χ1) is 17.1. The van der Waals surface area contributed by atoms with E-state index in [4.69, 9.17) is 9.84 Å². The predicted molar refractivity (Wildman–Crippen MR) is 139 cm³/mol. The summed E-state index contributed by atoms with van der Waals surface area (Å²) in [5.74, 6) is -0.337. The number of allylic oxidation sites excluding steroid dienone is 2. The lowest BCUT2D eigenvalue weighted by Gasteiger charge is -2.49. The van der Waals surface area contributed by atoms with Gasteiger partial charge in [-0.25, -0.2) is 0 Å². The topological polar surface area (TPSA) is 74.9 Å². The van der Waals surface area contributed by atoms with Crippen LogP contribution in [-0.4, -0.2) is 57.8 Å². The number of nitrogens with zero attached hydrogens (tertiary/aromatic N) is 2.